The SMILES string of the molecule is CC[C@@]1(OC(=O)C(N)CCCCN)C(=O)OCc2c1cc1n(c2=O)Cc2cc3ccccc3nc2-1.Cl. The summed E-state index contributed by atoms with van der Waals surface area (Å²) in [4.78, 5) is 44.3. The zero-order valence-electron chi connectivity index (χ0n) is 20.0. The Morgan fingerprint density at radius 1 is 1.25 bits per heavy atom. The molecule has 2 atom stereocenters. The van der Waals surface area contributed by atoms with E-state index in [0.717, 1.165) is 22.9 Å². The van der Waals surface area contributed by atoms with Crippen molar-refractivity contribution in [3.05, 3.63) is 63.4 Å². The van der Waals surface area contributed by atoms with Crippen LogP contribution in [0.15, 0.2) is 41.2 Å². The van der Waals surface area contributed by atoms with E-state index in [1.165, 1.54) is 0 Å². The van der Waals surface area contributed by atoms with Gasteiger partial charge in [-0.25, -0.2) is 9.78 Å². The van der Waals surface area contributed by atoms with E-state index in [9.17, 15) is 14.4 Å². The second-order valence-corrected chi connectivity index (χ2v) is 9.07. The topological polar surface area (TPSA) is 140 Å². The van der Waals surface area contributed by atoms with E-state index in [-0.39, 0.29) is 31.0 Å². The summed E-state index contributed by atoms with van der Waals surface area (Å²) in [6.07, 6.45) is 1.88. The van der Waals surface area contributed by atoms with Crippen LogP contribution in [0.3, 0.4) is 0 Å². The molecule has 2 aliphatic rings. The molecule has 0 saturated carbocycles. The first kappa shape index (κ1) is 25.8. The Morgan fingerprint density at radius 3 is 2.78 bits per heavy atom. The van der Waals surface area contributed by atoms with Crippen molar-refractivity contribution in [2.24, 2.45) is 11.5 Å². The number of nitrogens with two attached hydrogens (primary N) is 2. The molecule has 1 unspecified atom stereocenters. The number of pyridine rings is 2. The number of cyclic esters (lactones) is 1. The normalized spacial score (nSPS) is 18.5. The lowest BCUT2D eigenvalue weighted by molar-refractivity contribution is -0.190. The lowest BCUT2D eigenvalue weighted by Crippen LogP contribution is -2.49. The van der Waals surface area contributed by atoms with Crippen LogP contribution in [-0.2, 0) is 37.8 Å². The van der Waals surface area contributed by atoms with Crippen LogP contribution < -0.4 is 17.0 Å². The number of carbonyl (C=O) groups excluding carboxylic acids is 2. The molecular weight excluding hydrogens is 484 g/mol. The summed E-state index contributed by atoms with van der Waals surface area (Å²) < 4.78 is 12.8. The summed E-state index contributed by atoms with van der Waals surface area (Å²) in [6, 6.07) is 10.6. The van der Waals surface area contributed by atoms with Gasteiger partial charge in [0.15, 0.2) is 0 Å². The van der Waals surface area contributed by atoms with Crippen LogP contribution in [0.5, 0.6) is 0 Å². The monoisotopic (exact) mass is 512 g/mol. The van der Waals surface area contributed by atoms with Gasteiger partial charge in [0.2, 0.25) is 5.60 Å². The maximum Gasteiger partial charge on any atom is 0.355 e. The Morgan fingerprint density at radius 2 is 2.03 bits per heavy atom. The highest BCUT2D eigenvalue weighted by atomic mass is 35.5. The highest BCUT2D eigenvalue weighted by Crippen LogP contribution is 2.41. The zero-order chi connectivity index (χ0) is 24.7. The third kappa shape index (κ3) is 4.07. The van der Waals surface area contributed by atoms with Crippen molar-refractivity contribution < 1.29 is 19.1 Å². The molecule has 0 spiro atoms. The van der Waals surface area contributed by atoms with E-state index in [1.807, 2.05) is 30.3 Å². The lowest BCUT2D eigenvalue weighted by Gasteiger charge is -2.36. The summed E-state index contributed by atoms with van der Waals surface area (Å²) in [5.41, 5.74) is 13.2. The number of nitrogens with zero attached hydrogens (tertiary/aromatic N) is 2. The van der Waals surface area contributed by atoms with E-state index < -0.39 is 23.6 Å². The average Bonchev–Trinajstić information content (AvgIpc) is 3.22. The minimum Gasteiger partial charge on any atom is -0.457 e. The van der Waals surface area contributed by atoms with E-state index in [4.69, 9.17) is 25.9 Å². The number of unbranched alkanes of at least 4 members (excludes halogenated alkanes) is 1. The second-order valence-electron chi connectivity index (χ2n) is 9.07. The number of halogens is 1. The first-order chi connectivity index (χ1) is 16.9. The lowest BCUT2D eigenvalue weighted by atomic mass is 9.85. The summed E-state index contributed by atoms with van der Waals surface area (Å²) in [7, 11) is 0. The van der Waals surface area contributed by atoms with Gasteiger partial charge in [-0.15, -0.1) is 12.4 Å². The quantitative estimate of drug-likeness (QED) is 0.284. The smallest absolute Gasteiger partial charge is 0.355 e. The standard InChI is InChI=1S/C26H28N4O5.ClH/c1-2-26(35-24(32)19(28)8-5-6-10-27)18-12-21-22-16(11-15-7-3-4-9-20(15)29-22)13-30(21)23(31)17(18)14-34-25(26)33;/h3-4,7,9,11-12,19H,2,5-6,8,10,13-14,27-28H2,1H3;1H/t19?,26-;/m0./s1. The molecule has 9 nitrogen and oxygen atoms in total. The minimum absolute atomic E-state index is 0. The number of esters is 2. The van der Waals surface area contributed by atoms with Crippen LogP contribution >= 0.6 is 12.4 Å². The molecule has 190 valence electrons. The fourth-order valence-electron chi connectivity index (χ4n) is 4.96. The predicted molar refractivity (Wildman–Crippen MR) is 137 cm³/mol. The Labute approximate surface area is 214 Å². The van der Waals surface area contributed by atoms with Gasteiger partial charge in [-0.05, 0) is 44.0 Å². The molecule has 0 aliphatic carbocycles. The van der Waals surface area contributed by atoms with E-state index >= 15 is 0 Å². The number of hydrogen-bond donors (Lipinski definition) is 2. The highest BCUT2D eigenvalue weighted by Gasteiger charge is 2.50. The Kier molecular flexibility index (Phi) is 7.17. The largest absolute Gasteiger partial charge is 0.457 e. The van der Waals surface area contributed by atoms with Gasteiger partial charge in [0.25, 0.3) is 5.56 Å². The van der Waals surface area contributed by atoms with E-state index in [1.54, 1.807) is 17.6 Å². The number of rotatable bonds is 7. The number of benzene rings is 1. The number of ether oxygens (including phenoxy) is 2. The van der Waals surface area contributed by atoms with Crippen molar-refractivity contribution in [2.75, 3.05) is 6.54 Å². The maximum absolute atomic E-state index is 13.5. The molecule has 0 radical (unpaired) electrons. The molecule has 0 saturated heterocycles. The first-order valence-electron chi connectivity index (χ1n) is 11.9. The summed E-state index contributed by atoms with van der Waals surface area (Å²) in [5, 5.41) is 0.982. The fraction of sp³-hybridized carbons (Fsp3) is 0.385. The van der Waals surface area contributed by atoms with Crippen LogP contribution in [0.4, 0.5) is 0 Å². The number of carbonyl (C=O) groups is 2. The molecule has 4 N–H and O–H groups in total. The molecular formula is C26H29ClN4O5. The third-order valence-corrected chi connectivity index (χ3v) is 6.93. The Balaban J connectivity index is 0.00000304. The number of aromatic nitrogens is 2. The van der Waals surface area contributed by atoms with Gasteiger partial charge in [0.05, 0.1) is 29.0 Å². The number of para-hydroxylation sites is 1. The molecule has 5 rings (SSSR count). The van der Waals surface area contributed by atoms with Crippen molar-refractivity contribution in [1.29, 1.82) is 0 Å². The molecule has 2 aliphatic heterocycles. The minimum atomic E-state index is -1.75. The van der Waals surface area contributed by atoms with Crippen molar-refractivity contribution >= 4 is 35.2 Å². The molecule has 0 bridgehead atoms. The number of hydrogen-bond acceptors (Lipinski definition) is 8. The first-order valence-corrected chi connectivity index (χ1v) is 11.9. The van der Waals surface area contributed by atoms with Crippen molar-refractivity contribution in [2.45, 2.75) is 57.4 Å². The van der Waals surface area contributed by atoms with Crippen LogP contribution in [0.1, 0.15) is 49.3 Å². The van der Waals surface area contributed by atoms with Gasteiger partial charge in [0.1, 0.15) is 12.6 Å². The Bertz CT molecular complexity index is 1410. The van der Waals surface area contributed by atoms with Gasteiger partial charge in [-0.2, -0.15) is 0 Å². The van der Waals surface area contributed by atoms with E-state index in [2.05, 4.69) is 0 Å². The van der Waals surface area contributed by atoms with Gasteiger partial charge in [0, 0.05) is 16.5 Å². The molecule has 10 heteroatoms. The fourth-order valence-corrected chi connectivity index (χ4v) is 4.96. The number of fused-ring (bicyclic) bond motifs is 5. The van der Waals surface area contributed by atoms with Crippen LogP contribution in [0.25, 0.3) is 22.3 Å². The third-order valence-electron chi connectivity index (χ3n) is 6.93. The van der Waals surface area contributed by atoms with E-state index in [0.29, 0.717) is 48.4 Å². The molecule has 3 aromatic rings. The molecule has 36 heavy (non-hydrogen) atoms. The van der Waals surface area contributed by atoms with Crippen molar-refractivity contribution in [1.82, 2.24) is 9.55 Å². The maximum atomic E-state index is 13.5. The van der Waals surface area contributed by atoms with Gasteiger partial charge in [-0.3, -0.25) is 9.59 Å². The van der Waals surface area contributed by atoms with Crippen molar-refractivity contribution in [3.8, 4) is 11.4 Å². The summed E-state index contributed by atoms with van der Waals surface area (Å²) in [5.74, 6) is -1.41. The summed E-state index contributed by atoms with van der Waals surface area (Å²) >= 11 is 0. The van der Waals surface area contributed by atoms with Crippen molar-refractivity contribution in [3.63, 3.8) is 0 Å². The zero-order valence-corrected chi connectivity index (χ0v) is 20.8. The van der Waals surface area contributed by atoms with Crippen LogP contribution in [0.2, 0.25) is 0 Å². The average molecular weight is 513 g/mol. The predicted octanol–water partition coefficient (Wildman–Crippen LogP) is 2.51. The molecule has 0 amide bonds. The molecule has 4 heterocycles. The van der Waals surface area contributed by atoms with Gasteiger partial charge < -0.3 is 25.5 Å². The molecule has 0 fully saturated rings. The molecule has 1 aromatic carbocycles. The van der Waals surface area contributed by atoms with Gasteiger partial charge >= 0.3 is 11.9 Å². The second kappa shape index (κ2) is 10.0. The van der Waals surface area contributed by atoms with Crippen LogP contribution in [-0.4, -0.2) is 34.1 Å². The summed E-state index contributed by atoms with van der Waals surface area (Å²) in [6.45, 7) is 2.41. The van der Waals surface area contributed by atoms with Gasteiger partial charge in [-0.1, -0.05) is 31.5 Å². The Hall–Kier alpha value is -3.27. The van der Waals surface area contributed by atoms with Crippen LogP contribution in [0, 0.1) is 0 Å². The molecule has 2 aromatic heterocycles. The highest BCUT2D eigenvalue weighted by molar-refractivity contribution is 5.89.